The molecule has 0 saturated carbocycles. The number of hydrogen-bond acceptors (Lipinski definition) is 4. The Balaban J connectivity index is 2.00. The molecule has 1 heterocycles. The van der Waals surface area contributed by atoms with Crippen LogP contribution in [0.5, 0.6) is 0 Å². The third kappa shape index (κ3) is 4.55. The number of aliphatic carboxylic acids is 1. The molecular formula is C17H23N3O3. The van der Waals surface area contributed by atoms with E-state index in [2.05, 4.69) is 10.4 Å². The Kier molecular flexibility index (Phi) is 5.73. The van der Waals surface area contributed by atoms with Crippen LogP contribution in [0.2, 0.25) is 0 Å². The van der Waals surface area contributed by atoms with Crippen LogP contribution in [0.3, 0.4) is 0 Å². The van der Waals surface area contributed by atoms with Gasteiger partial charge in [0.15, 0.2) is 0 Å². The zero-order valence-corrected chi connectivity index (χ0v) is 13.6. The zero-order chi connectivity index (χ0) is 16.8. The molecule has 0 spiro atoms. The van der Waals surface area contributed by atoms with Crippen molar-refractivity contribution in [3.8, 4) is 0 Å². The molecule has 0 saturated heterocycles. The van der Waals surface area contributed by atoms with Crippen molar-refractivity contribution >= 4 is 23.3 Å². The first-order valence-electron chi connectivity index (χ1n) is 7.96. The van der Waals surface area contributed by atoms with Crippen LogP contribution in [-0.2, 0) is 4.79 Å². The number of hydrazone groups is 1. The Morgan fingerprint density at radius 3 is 2.57 bits per heavy atom. The van der Waals surface area contributed by atoms with Crippen molar-refractivity contribution < 1.29 is 14.7 Å². The van der Waals surface area contributed by atoms with Gasteiger partial charge in [-0.3, -0.25) is 9.80 Å². The van der Waals surface area contributed by atoms with Gasteiger partial charge in [0.2, 0.25) is 0 Å². The number of carbonyl (C=O) groups excluding carboxylic acids is 1. The molecule has 23 heavy (non-hydrogen) atoms. The molecule has 0 bridgehead atoms. The van der Waals surface area contributed by atoms with Crippen molar-refractivity contribution in [2.24, 2.45) is 5.10 Å². The summed E-state index contributed by atoms with van der Waals surface area (Å²) in [6.45, 7) is 4.82. The summed E-state index contributed by atoms with van der Waals surface area (Å²) in [5.74, 6) is -1.36. The van der Waals surface area contributed by atoms with Gasteiger partial charge in [0.25, 0.3) is 5.91 Å². The summed E-state index contributed by atoms with van der Waals surface area (Å²) in [6, 6.07) is 6.23. The van der Waals surface area contributed by atoms with Gasteiger partial charge < -0.3 is 10.4 Å². The minimum atomic E-state index is -0.995. The average Bonchev–Trinajstić information content (AvgIpc) is 2.97. The summed E-state index contributed by atoms with van der Waals surface area (Å²) in [7, 11) is 0. The third-order valence-electron chi connectivity index (χ3n) is 3.85. The quantitative estimate of drug-likeness (QED) is 0.810. The second-order valence-electron chi connectivity index (χ2n) is 5.76. The van der Waals surface area contributed by atoms with E-state index >= 15 is 0 Å². The number of hydrogen-bond donors (Lipinski definition) is 2. The highest BCUT2D eigenvalue weighted by Crippen LogP contribution is 2.20. The third-order valence-corrected chi connectivity index (χ3v) is 3.85. The first-order valence-corrected chi connectivity index (χ1v) is 7.96. The van der Waals surface area contributed by atoms with Crippen LogP contribution in [0.25, 0.3) is 0 Å². The Bertz CT molecular complexity index is 596. The number of nitrogens with one attached hydrogen (secondary N) is 1. The molecule has 0 fully saturated rings. The van der Waals surface area contributed by atoms with E-state index in [0.717, 1.165) is 37.2 Å². The fourth-order valence-electron chi connectivity index (χ4n) is 2.45. The van der Waals surface area contributed by atoms with Gasteiger partial charge in [0.1, 0.15) is 6.04 Å². The maximum absolute atomic E-state index is 12.2. The van der Waals surface area contributed by atoms with E-state index in [1.165, 1.54) is 0 Å². The molecule has 6 nitrogen and oxygen atoms in total. The van der Waals surface area contributed by atoms with Crippen LogP contribution in [0.4, 0.5) is 5.69 Å². The molecule has 6 heteroatoms. The van der Waals surface area contributed by atoms with E-state index in [1.807, 2.05) is 31.0 Å². The van der Waals surface area contributed by atoms with E-state index in [1.54, 1.807) is 12.1 Å². The summed E-state index contributed by atoms with van der Waals surface area (Å²) >= 11 is 0. The van der Waals surface area contributed by atoms with Gasteiger partial charge in [0, 0.05) is 24.2 Å². The van der Waals surface area contributed by atoms with Crippen molar-refractivity contribution in [3.05, 3.63) is 29.8 Å². The van der Waals surface area contributed by atoms with Crippen molar-refractivity contribution in [2.45, 2.75) is 45.6 Å². The molecule has 0 aliphatic carbocycles. The summed E-state index contributed by atoms with van der Waals surface area (Å²) < 4.78 is 0. The summed E-state index contributed by atoms with van der Waals surface area (Å²) in [5.41, 5.74) is 2.47. The van der Waals surface area contributed by atoms with Crippen molar-refractivity contribution in [2.75, 3.05) is 11.6 Å². The van der Waals surface area contributed by atoms with Gasteiger partial charge in [-0.2, -0.15) is 5.10 Å². The molecule has 0 unspecified atom stereocenters. The SMILES string of the molecule is CCCC[C@H](NC(=O)c1ccc(N2CCC(C)=N2)cc1)C(=O)O. The van der Waals surface area contributed by atoms with E-state index in [4.69, 9.17) is 0 Å². The smallest absolute Gasteiger partial charge is 0.326 e. The first kappa shape index (κ1) is 17.0. The van der Waals surface area contributed by atoms with Crippen LogP contribution in [0.15, 0.2) is 29.4 Å². The maximum Gasteiger partial charge on any atom is 0.326 e. The predicted octanol–water partition coefficient (Wildman–Crippen LogP) is 2.65. The molecular weight excluding hydrogens is 294 g/mol. The fourth-order valence-corrected chi connectivity index (χ4v) is 2.45. The second kappa shape index (κ2) is 7.76. The van der Waals surface area contributed by atoms with Gasteiger partial charge in [-0.05, 0) is 37.6 Å². The van der Waals surface area contributed by atoms with Gasteiger partial charge >= 0.3 is 5.97 Å². The molecule has 0 aromatic heterocycles. The standard InChI is InChI=1S/C17H23N3O3/c1-3-4-5-15(17(22)23)18-16(21)13-6-8-14(9-7-13)20-11-10-12(2)19-20/h6-9,15H,3-5,10-11H2,1-2H3,(H,18,21)(H,22,23)/t15-/m0/s1. The average molecular weight is 317 g/mol. The fraction of sp³-hybridized carbons (Fsp3) is 0.471. The first-order chi connectivity index (χ1) is 11.0. The number of carboxylic acids is 1. The molecule has 1 aromatic carbocycles. The lowest BCUT2D eigenvalue weighted by Crippen LogP contribution is -2.40. The van der Waals surface area contributed by atoms with Gasteiger partial charge in [0.05, 0.1) is 5.69 Å². The minimum absolute atomic E-state index is 0.360. The largest absolute Gasteiger partial charge is 0.480 e. The lowest BCUT2D eigenvalue weighted by molar-refractivity contribution is -0.139. The van der Waals surface area contributed by atoms with E-state index in [0.29, 0.717) is 12.0 Å². The summed E-state index contributed by atoms with van der Waals surface area (Å²) in [6.07, 6.45) is 3.05. The molecule has 1 aliphatic heterocycles. The van der Waals surface area contributed by atoms with Crippen LogP contribution >= 0.6 is 0 Å². The number of benzene rings is 1. The maximum atomic E-state index is 12.2. The Morgan fingerprint density at radius 2 is 2.04 bits per heavy atom. The predicted molar refractivity (Wildman–Crippen MR) is 89.9 cm³/mol. The second-order valence-corrected chi connectivity index (χ2v) is 5.76. The highest BCUT2D eigenvalue weighted by Gasteiger charge is 2.20. The number of unbranched alkanes of at least 4 members (excludes halogenated alkanes) is 1. The number of carbonyl (C=O) groups is 2. The Hall–Kier alpha value is -2.37. The van der Waals surface area contributed by atoms with E-state index in [9.17, 15) is 14.7 Å². The van der Waals surface area contributed by atoms with Crippen molar-refractivity contribution in [1.29, 1.82) is 0 Å². The lowest BCUT2D eigenvalue weighted by atomic mass is 10.1. The van der Waals surface area contributed by atoms with Crippen molar-refractivity contribution in [3.63, 3.8) is 0 Å². The highest BCUT2D eigenvalue weighted by molar-refractivity contribution is 5.97. The molecule has 1 aliphatic rings. The number of carboxylic acid groups (broad SMARTS) is 1. The Labute approximate surface area is 136 Å². The summed E-state index contributed by atoms with van der Waals surface area (Å²) in [4.78, 5) is 23.4. The van der Waals surface area contributed by atoms with Crippen molar-refractivity contribution in [1.82, 2.24) is 5.32 Å². The molecule has 0 radical (unpaired) electrons. The van der Waals surface area contributed by atoms with E-state index in [-0.39, 0.29) is 5.91 Å². The monoisotopic (exact) mass is 317 g/mol. The number of nitrogens with zero attached hydrogens (tertiary/aromatic N) is 2. The van der Waals surface area contributed by atoms with Crippen LogP contribution in [-0.4, -0.2) is 35.3 Å². The van der Waals surface area contributed by atoms with E-state index < -0.39 is 12.0 Å². The Morgan fingerprint density at radius 1 is 1.35 bits per heavy atom. The minimum Gasteiger partial charge on any atom is -0.480 e. The molecule has 1 aromatic rings. The van der Waals surface area contributed by atoms with Gasteiger partial charge in [-0.15, -0.1) is 0 Å². The molecule has 124 valence electrons. The van der Waals surface area contributed by atoms with Gasteiger partial charge in [-0.1, -0.05) is 19.8 Å². The van der Waals surface area contributed by atoms with Crippen LogP contribution in [0, 0.1) is 0 Å². The topological polar surface area (TPSA) is 82.0 Å². The normalized spacial score (nSPS) is 15.2. The summed E-state index contributed by atoms with van der Waals surface area (Å²) in [5, 5.41) is 18.1. The van der Waals surface area contributed by atoms with Crippen LogP contribution in [0.1, 0.15) is 49.9 Å². The molecule has 2 rings (SSSR count). The number of amides is 1. The lowest BCUT2D eigenvalue weighted by Gasteiger charge is -2.16. The highest BCUT2D eigenvalue weighted by atomic mass is 16.4. The van der Waals surface area contributed by atoms with Gasteiger partial charge in [-0.25, -0.2) is 4.79 Å². The molecule has 1 atom stereocenters. The van der Waals surface area contributed by atoms with Crippen LogP contribution < -0.4 is 10.3 Å². The molecule has 2 N–H and O–H groups in total. The number of anilines is 1. The number of rotatable bonds is 7. The zero-order valence-electron chi connectivity index (χ0n) is 13.6. The molecule has 1 amide bonds.